The lowest BCUT2D eigenvalue weighted by Gasteiger charge is -2.31. The van der Waals surface area contributed by atoms with Gasteiger partial charge in [-0.1, -0.05) is 12.1 Å². The van der Waals surface area contributed by atoms with Crippen molar-refractivity contribution in [3.05, 3.63) is 79.0 Å². The molecule has 12 heteroatoms. The van der Waals surface area contributed by atoms with E-state index in [9.17, 15) is 28.1 Å². The molecule has 0 radical (unpaired) electrons. The minimum Gasteiger partial charge on any atom is -0.307 e. The number of hydrogen-bond donors (Lipinski definition) is 1. The van der Waals surface area contributed by atoms with Gasteiger partial charge in [0.25, 0.3) is 11.2 Å². The van der Waals surface area contributed by atoms with Gasteiger partial charge in [0.05, 0.1) is 27.3 Å². The zero-order chi connectivity index (χ0) is 23.0. The summed E-state index contributed by atoms with van der Waals surface area (Å²) >= 11 is 0. The summed E-state index contributed by atoms with van der Waals surface area (Å²) in [6.45, 7) is 2.02. The first-order chi connectivity index (χ1) is 15.2. The summed E-state index contributed by atoms with van der Waals surface area (Å²) in [5, 5.41) is 11.0. The average Bonchev–Trinajstić information content (AvgIpc) is 2.77. The molecule has 0 atom stereocenters. The Bertz CT molecular complexity index is 1400. The Morgan fingerprint density at radius 3 is 2.31 bits per heavy atom. The van der Waals surface area contributed by atoms with Gasteiger partial charge in [-0.3, -0.25) is 19.5 Å². The smallest absolute Gasteiger partial charge is 0.307 e. The summed E-state index contributed by atoms with van der Waals surface area (Å²) in [5.41, 5.74) is -0.839. The standard InChI is InChI=1S/C20H21N5O6S/c1-22-8-10-23(11-9-22)32(30,31)16-5-2-14(3-6-16)13-24-19(26)17-12-15(25(28)29)4-7-18(17)21-20(24)27/h2-7,12H,8-11,13H2,1H3,(H,21,27). The summed E-state index contributed by atoms with van der Waals surface area (Å²) in [5.74, 6) is 0. The van der Waals surface area contributed by atoms with Crippen LogP contribution in [0.25, 0.3) is 10.9 Å². The maximum absolute atomic E-state index is 12.8. The monoisotopic (exact) mass is 459 g/mol. The van der Waals surface area contributed by atoms with Gasteiger partial charge in [0.1, 0.15) is 0 Å². The van der Waals surface area contributed by atoms with Crippen molar-refractivity contribution >= 4 is 26.6 Å². The molecule has 2 aromatic carbocycles. The molecule has 1 aromatic heterocycles. The average molecular weight is 459 g/mol. The largest absolute Gasteiger partial charge is 0.329 e. The highest BCUT2D eigenvalue weighted by Gasteiger charge is 2.27. The number of fused-ring (bicyclic) bond motifs is 1. The number of sulfonamides is 1. The summed E-state index contributed by atoms with van der Waals surface area (Å²) in [6, 6.07) is 9.65. The number of hydrogen-bond acceptors (Lipinski definition) is 7. The highest BCUT2D eigenvalue weighted by molar-refractivity contribution is 7.89. The lowest BCUT2D eigenvalue weighted by Crippen LogP contribution is -2.47. The number of non-ortho nitro benzene ring substituents is 1. The second kappa shape index (κ2) is 8.30. The van der Waals surface area contributed by atoms with Gasteiger partial charge in [0, 0.05) is 38.3 Å². The Labute approximate surface area is 182 Å². The first-order valence-corrected chi connectivity index (χ1v) is 11.3. The second-order valence-electron chi connectivity index (χ2n) is 7.66. The van der Waals surface area contributed by atoms with E-state index in [4.69, 9.17) is 0 Å². The van der Waals surface area contributed by atoms with Crippen LogP contribution in [-0.2, 0) is 16.6 Å². The van der Waals surface area contributed by atoms with Gasteiger partial charge in [0.15, 0.2) is 0 Å². The lowest BCUT2D eigenvalue weighted by atomic mass is 10.2. The molecule has 3 aromatic rings. The molecular weight excluding hydrogens is 438 g/mol. The summed E-state index contributed by atoms with van der Waals surface area (Å²) in [7, 11) is -1.69. The van der Waals surface area contributed by atoms with E-state index in [1.165, 1.54) is 28.6 Å². The Hall–Kier alpha value is -3.35. The van der Waals surface area contributed by atoms with Crippen LogP contribution >= 0.6 is 0 Å². The van der Waals surface area contributed by atoms with E-state index in [0.29, 0.717) is 31.7 Å². The van der Waals surface area contributed by atoms with Crippen LogP contribution in [0.4, 0.5) is 5.69 Å². The van der Waals surface area contributed by atoms with Gasteiger partial charge in [-0.2, -0.15) is 4.31 Å². The predicted molar refractivity (Wildman–Crippen MR) is 117 cm³/mol. The zero-order valence-electron chi connectivity index (χ0n) is 17.2. The molecule has 0 unspecified atom stereocenters. The molecule has 0 spiro atoms. The molecule has 1 saturated heterocycles. The van der Waals surface area contributed by atoms with Crippen molar-refractivity contribution in [2.45, 2.75) is 11.4 Å². The number of likely N-dealkylation sites (N-methyl/N-ethyl adjacent to an activating group) is 1. The lowest BCUT2D eigenvalue weighted by molar-refractivity contribution is -0.384. The molecule has 1 N–H and O–H groups in total. The number of aromatic amines is 1. The van der Waals surface area contributed by atoms with E-state index in [-0.39, 0.29) is 28.0 Å². The molecule has 32 heavy (non-hydrogen) atoms. The van der Waals surface area contributed by atoms with Gasteiger partial charge in [-0.25, -0.2) is 13.2 Å². The van der Waals surface area contributed by atoms with Crippen LogP contribution in [0.2, 0.25) is 0 Å². The van der Waals surface area contributed by atoms with Crippen molar-refractivity contribution in [3.8, 4) is 0 Å². The van der Waals surface area contributed by atoms with E-state index >= 15 is 0 Å². The predicted octanol–water partition coefficient (Wildman–Crippen LogP) is 0.582. The Morgan fingerprint density at radius 2 is 1.69 bits per heavy atom. The topological polar surface area (TPSA) is 139 Å². The molecule has 2 heterocycles. The third-order valence-corrected chi connectivity index (χ3v) is 7.45. The minimum atomic E-state index is -3.63. The number of nitro benzene ring substituents is 1. The van der Waals surface area contributed by atoms with Crippen molar-refractivity contribution in [1.82, 2.24) is 18.8 Å². The Kier molecular flexibility index (Phi) is 5.67. The molecule has 1 fully saturated rings. The third kappa shape index (κ3) is 4.07. The minimum absolute atomic E-state index is 0.0214. The van der Waals surface area contributed by atoms with Gasteiger partial charge in [-0.15, -0.1) is 0 Å². The normalized spacial score (nSPS) is 15.8. The number of nitrogens with one attached hydrogen (secondary N) is 1. The fourth-order valence-corrected chi connectivity index (χ4v) is 5.04. The Balaban J connectivity index is 1.63. The van der Waals surface area contributed by atoms with Gasteiger partial charge >= 0.3 is 5.69 Å². The summed E-state index contributed by atoms with van der Waals surface area (Å²) in [6.07, 6.45) is 0. The molecule has 168 valence electrons. The van der Waals surface area contributed by atoms with Crippen LogP contribution in [-0.4, -0.2) is 65.3 Å². The molecule has 11 nitrogen and oxygen atoms in total. The third-order valence-electron chi connectivity index (χ3n) is 5.54. The fraction of sp³-hybridized carbons (Fsp3) is 0.300. The van der Waals surface area contributed by atoms with E-state index in [1.54, 1.807) is 12.1 Å². The van der Waals surface area contributed by atoms with Crippen LogP contribution < -0.4 is 11.2 Å². The van der Waals surface area contributed by atoms with Crippen molar-refractivity contribution < 1.29 is 13.3 Å². The van der Waals surface area contributed by atoms with Gasteiger partial charge in [-0.05, 0) is 30.8 Å². The molecule has 0 bridgehead atoms. The molecule has 0 amide bonds. The number of H-pyrrole nitrogens is 1. The summed E-state index contributed by atoms with van der Waals surface area (Å²) < 4.78 is 28.1. The Morgan fingerprint density at radius 1 is 1.03 bits per heavy atom. The van der Waals surface area contributed by atoms with E-state index in [0.717, 1.165) is 10.6 Å². The quantitative estimate of drug-likeness (QED) is 0.435. The first kappa shape index (κ1) is 21.9. The maximum Gasteiger partial charge on any atom is 0.329 e. The van der Waals surface area contributed by atoms with Crippen molar-refractivity contribution in [3.63, 3.8) is 0 Å². The van der Waals surface area contributed by atoms with Crippen molar-refractivity contribution in [2.24, 2.45) is 0 Å². The highest BCUT2D eigenvalue weighted by Crippen LogP contribution is 2.19. The van der Waals surface area contributed by atoms with Crippen molar-refractivity contribution in [1.29, 1.82) is 0 Å². The molecule has 0 saturated carbocycles. The number of piperazine rings is 1. The number of nitro groups is 1. The van der Waals surface area contributed by atoms with E-state index < -0.39 is 26.2 Å². The molecule has 4 rings (SSSR count). The molecule has 0 aliphatic carbocycles. The van der Waals surface area contributed by atoms with E-state index in [1.807, 2.05) is 7.05 Å². The highest BCUT2D eigenvalue weighted by atomic mass is 32.2. The molecular formula is C20H21N5O6S. The number of benzene rings is 2. The van der Waals surface area contributed by atoms with Crippen LogP contribution in [0, 0.1) is 10.1 Å². The number of nitrogens with zero attached hydrogens (tertiary/aromatic N) is 4. The van der Waals surface area contributed by atoms with Gasteiger partial charge in [0.2, 0.25) is 10.0 Å². The second-order valence-corrected chi connectivity index (χ2v) is 9.60. The van der Waals surface area contributed by atoms with Crippen LogP contribution in [0.1, 0.15) is 5.56 Å². The van der Waals surface area contributed by atoms with Crippen LogP contribution in [0.3, 0.4) is 0 Å². The maximum atomic E-state index is 12.8. The van der Waals surface area contributed by atoms with Gasteiger partial charge < -0.3 is 9.88 Å². The summed E-state index contributed by atoms with van der Waals surface area (Å²) in [4.78, 5) is 40.3. The van der Waals surface area contributed by atoms with Crippen LogP contribution in [0.15, 0.2) is 56.9 Å². The molecule has 1 aliphatic rings. The number of aromatic nitrogens is 2. The first-order valence-electron chi connectivity index (χ1n) is 9.86. The van der Waals surface area contributed by atoms with Crippen molar-refractivity contribution in [2.75, 3.05) is 33.2 Å². The molecule has 1 aliphatic heterocycles. The SMILES string of the molecule is CN1CCN(S(=O)(=O)c2ccc(Cn3c(=O)[nH]c4ccc([N+](=O)[O-])cc4c3=O)cc2)CC1. The zero-order valence-corrected chi connectivity index (χ0v) is 18.0. The van der Waals surface area contributed by atoms with E-state index in [2.05, 4.69) is 9.88 Å². The number of rotatable bonds is 5. The van der Waals surface area contributed by atoms with Crippen LogP contribution in [0.5, 0.6) is 0 Å². The fourth-order valence-electron chi connectivity index (χ4n) is 3.62.